The van der Waals surface area contributed by atoms with E-state index in [9.17, 15) is 14.7 Å². The van der Waals surface area contributed by atoms with Crippen molar-refractivity contribution in [1.82, 2.24) is 5.32 Å². The first-order valence-corrected chi connectivity index (χ1v) is 10.2. The Labute approximate surface area is 174 Å². The first kappa shape index (κ1) is 20.2. The predicted molar refractivity (Wildman–Crippen MR) is 114 cm³/mol. The van der Waals surface area contributed by atoms with Crippen molar-refractivity contribution in [2.24, 2.45) is 0 Å². The number of aliphatic hydroxyl groups is 1. The molecule has 0 saturated carbocycles. The average Bonchev–Trinajstić information content (AvgIpc) is 2.78. The minimum absolute atomic E-state index is 0.101. The second-order valence-electron chi connectivity index (χ2n) is 7.64. The van der Waals surface area contributed by atoms with Crippen molar-refractivity contribution < 1.29 is 19.1 Å². The lowest BCUT2D eigenvalue weighted by atomic mass is 9.90. The highest BCUT2D eigenvalue weighted by atomic mass is 16.5. The van der Waals surface area contributed by atoms with Crippen molar-refractivity contribution in [1.29, 1.82) is 0 Å². The molecule has 156 valence electrons. The van der Waals surface area contributed by atoms with E-state index >= 15 is 0 Å². The Hall–Kier alpha value is -3.12. The van der Waals surface area contributed by atoms with Gasteiger partial charge in [-0.25, -0.2) is 4.79 Å². The highest BCUT2D eigenvalue weighted by Gasteiger charge is 2.20. The van der Waals surface area contributed by atoms with Crippen LogP contribution in [0.5, 0.6) is 5.75 Å². The number of aryl methyl sites for hydroxylation is 2. The van der Waals surface area contributed by atoms with Crippen LogP contribution in [-0.2, 0) is 17.6 Å². The molecule has 1 amide bonds. The van der Waals surface area contributed by atoms with Crippen LogP contribution < -0.4 is 15.7 Å². The standard InChI is InChI=1S/C24H25NO5/c1-15-21(29-14-22(27)25-13-20(26)16-7-3-2-4-8-16)12-11-18-17-9-5-6-10-19(17)24(28)30-23(15)18/h2-4,7-8,11-12,20,26H,5-6,9-10,13-14H2,1H3,(H,25,27)/t20-/m1/s1. The maximum absolute atomic E-state index is 12.4. The van der Waals surface area contributed by atoms with Crippen LogP contribution in [-0.4, -0.2) is 24.2 Å². The lowest BCUT2D eigenvalue weighted by Crippen LogP contribution is -2.32. The summed E-state index contributed by atoms with van der Waals surface area (Å²) in [6, 6.07) is 12.9. The van der Waals surface area contributed by atoms with Crippen LogP contribution in [0.25, 0.3) is 11.0 Å². The topological polar surface area (TPSA) is 88.8 Å². The van der Waals surface area contributed by atoms with Gasteiger partial charge >= 0.3 is 5.63 Å². The summed E-state index contributed by atoms with van der Waals surface area (Å²) in [6.45, 7) is 1.74. The number of amides is 1. The van der Waals surface area contributed by atoms with E-state index in [1.54, 1.807) is 12.1 Å². The molecular formula is C24H25NO5. The SMILES string of the molecule is Cc1c(OCC(=O)NC[C@@H](O)c2ccccc2)ccc2c3c(c(=O)oc12)CCCC3. The van der Waals surface area contributed by atoms with Crippen LogP contribution >= 0.6 is 0 Å². The number of carbonyl (C=O) groups is 1. The maximum atomic E-state index is 12.4. The summed E-state index contributed by atoms with van der Waals surface area (Å²) in [5.74, 6) is 0.163. The van der Waals surface area contributed by atoms with Crippen LogP contribution in [0.1, 0.15) is 41.2 Å². The Morgan fingerprint density at radius 3 is 2.63 bits per heavy atom. The fraction of sp³-hybridized carbons (Fsp3) is 0.333. The van der Waals surface area contributed by atoms with Gasteiger partial charge < -0.3 is 19.6 Å². The zero-order valence-corrected chi connectivity index (χ0v) is 16.9. The van der Waals surface area contributed by atoms with Crippen molar-refractivity contribution in [3.63, 3.8) is 0 Å². The van der Waals surface area contributed by atoms with Crippen molar-refractivity contribution in [2.45, 2.75) is 38.7 Å². The predicted octanol–water partition coefficient (Wildman–Crippen LogP) is 3.21. The molecule has 1 aliphatic rings. The smallest absolute Gasteiger partial charge is 0.339 e. The molecule has 6 nitrogen and oxygen atoms in total. The number of nitrogens with one attached hydrogen (secondary N) is 1. The Bertz CT molecular complexity index is 1120. The van der Waals surface area contributed by atoms with E-state index in [-0.39, 0.29) is 24.7 Å². The van der Waals surface area contributed by atoms with E-state index in [2.05, 4.69) is 5.32 Å². The van der Waals surface area contributed by atoms with Gasteiger partial charge in [0.25, 0.3) is 5.91 Å². The Kier molecular flexibility index (Phi) is 5.86. The largest absolute Gasteiger partial charge is 0.483 e. The lowest BCUT2D eigenvalue weighted by Gasteiger charge is -2.18. The third-order valence-electron chi connectivity index (χ3n) is 5.63. The van der Waals surface area contributed by atoms with Crippen molar-refractivity contribution in [3.8, 4) is 5.75 Å². The molecule has 30 heavy (non-hydrogen) atoms. The van der Waals surface area contributed by atoms with Crippen LogP contribution in [0.15, 0.2) is 51.7 Å². The zero-order chi connectivity index (χ0) is 21.1. The van der Waals surface area contributed by atoms with Crippen molar-refractivity contribution >= 4 is 16.9 Å². The Morgan fingerprint density at radius 1 is 1.13 bits per heavy atom. The van der Waals surface area contributed by atoms with E-state index < -0.39 is 6.10 Å². The first-order valence-electron chi connectivity index (χ1n) is 10.2. The highest BCUT2D eigenvalue weighted by molar-refractivity contribution is 5.86. The van der Waals surface area contributed by atoms with Crippen LogP contribution in [0.2, 0.25) is 0 Å². The van der Waals surface area contributed by atoms with E-state index in [4.69, 9.17) is 9.15 Å². The molecule has 3 aromatic rings. The minimum atomic E-state index is -0.780. The van der Waals surface area contributed by atoms with Gasteiger partial charge in [0, 0.05) is 23.1 Å². The van der Waals surface area contributed by atoms with Crippen LogP contribution in [0.3, 0.4) is 0 Å². The quantitative estimate of drug-likeness (QED) is 0.613. The fourth-order valence-electron chi connectivity index (χ4n) is 3.98. The number of aliphatic hydroxyl groups excluding tert-OH is 1. The molecule has 6 heteroatoms. The highest BCUT2D eigenvalue weighted by Crippen LogP contribution is 2.32. The number of carbonyl (C=O) groups excluding carboxylic acids is 1. The van der Waals surface area contributed by atoms with Crippen molar-refractivity contribution in [2.75, 3.05) is 13.2 Å². The molecule has 1 atom stereocenters. The number of rotatable bonds is 6. The summed E-state index contributed by atoms with van der Waals surface area (Å²) in [4.78, 5) is 24.5. The number of benzene rings is 2. The molecule has 0 radical (unpaired) electrons. The van der Waals surface area contributed by atoms with Crippen LogP contribution in [0, 0.1) is 6.92 Å². The Morgan fingerprint density at radius 2 is 1.87 bits per heavy atom. The first-order chi connectivity index (χ1) is 14.5. The van der Waals surface area contributed by atoms with Gasteiger partial charge in [0.15, 0.2) is 6.61 Å². The molecule has 4 rings (SSSR count). The van der Waals surface area contributed by atoms with E-state index in [1.807, 2.05) is 37.3 Å². The van der Waals surface area contributed by atoms with Gasteiger partial charge in [-0.1, -0.05) is 30.3 Å². The molecule has 0 unspecified atom stereocenters. The molecule has 1 aromatic heterocycles. The monoisotopic (exact) mass is 407 g/mol. The summed E-state index contributed by atoms with van der Waals surface area (Å²) in [6.07, 6.45) is 2.94. The number of hydrogen-bond acceptors (Lipinski definition) is 5. The van der Waals surface area contributed by atoms with Gasteiger partial charge in [-0.15, -0.1) is 0 Å². The fourth-order valence-corrected chi connectivity index (χ4v) is 3.98. The molecule has 2 N–H and O–H groups in total. The van der Waals surface area contributed by atoms with Gasteiger partial charge in [-0.2, -0.15) is 0 Å². The normalized spacial score (nSPS) is 14.2. The molecule has 0 saturated heterocycles. The van der Waals surface area contributed by atoms with Gasteiger partial charge in [-0.05, 0) is 55.9 Å². The molecule has 2 aromatic carbocycles. The molecule has 1 aliphatic carbocycles. The zero-order valence-electron chi connectivity index (χ0n) is 16.9. The number of ether oxygens (including phenoxy) is 1. The summed E-state index contributed by atoms with van der Waals surface area (Å²) in [7, 11) is 0. The van der Waals surface area contributed by atoms with E-state index in [1.165, 1.54) is 0 Å². The second-order valence-corrected chi connectivity index (χ2v) is 7.64. The van der Waals surface area contributed by atoms with E-state index in [0.717, 1.165) is 47.8 Å². The van der Waals surface area contributed by atoms with Crippen LogP contribution in [0.4, 0.5) is 0 Å². The molecule has 1 heterocycles. The van der Waals surface area contributed by atoms with Gasteiger partial charge in [0.05, 0.1) is 6.10 Å². The Balaban J connectivity index is 1.43. The summed E-state index contributed by atoms with van der Waals surface area (Å²) in [5.41, 5.74) is 3.56. The third-order valence-corrected chi connectivity index (χ3v) is 5.63. The molecule has 0 aliphatic heterocycles. The van der Waals surface area contributed by atoms with Crippen molar-refractivity contribution in [3.05, 3.63) is 75.1 Å². The van der Waals surface area contributed by atoms with E-state index in [0.29, 0.717) is 16.9 Å². The average molecular weight is 407 g/mol. The summed E-state index contributed by atoms with van der Waals surface area (Å²) >= 11 is 0. The van der Waals surface area contributed by atoms with Gasteiger partial charge in [0.2, 0.25) is 0 Å². The van der Waals surface area contributed by atoms with Gasteiger partial charge in [-0.3, -0.25) is 4.79 Å². The summed E-state index contributed by atoms with van der Waals surface area (Å²) in [5, 5.41) is 13.8. The molecule has 0 bridgehead atoms. The minimum Gasteiger partial charge on any atom is -0.483 e. The number of hydrogen-bond donors (Lipinski definition) is 2. The lowest BCUT2D eigenvalue weighted by molar-refractivity contribution is -0.123. The summed E-state index contributed by atoms with van der Waals surface area (Å²) < 4.78 is 11.3. The molecular weight excluding hydrogens is 382 g/mol. The number of fused-ring (bicyclic) bond motifs is 3. The second kappa shape index (κ2) is 8.71. The molecule has 0 fully saturated rings. The molecule has 0 spiro atoms. The third kappa shape index (κ3) is 4.09. The maximum Gasteiger partial charge on any atom is 0.339 e. The van der Waals surface area contributed by atoms with Gasteiger partial charge in [0.1, 0.15) is 11.3 Å².